The Hall–Kier alpha value is -1.85. The second kappa shape index (κ2) is 5.86. The van der Waals surface area contributed by atoms with Crippen LogP contribution in [-0.4, -0.2) is 34.3 Å². The van der Waals surface area contributed by atoms with Gasteiger partial charge in [0.25, 0.3) is 0 Å². The highest BCUT2D eigenvalue weighted by Crippen LogP contribution is 2.24. The number of hydrogen-bond donors (Lipinski definition) is 0. The Balaban J connectivity index is 1.82. The average molecular weight is 257 g/mol. The van der Waals surface area contributed by atoms with E-state index in [2.05, 4.69) is 39.8 Å². The maximum Gasteiger partial charge on any atom is 0.0775 e. The molecule has 1 aromatic rings. The standard InChI is InChI=1S/C14H19N5/c1-11-6-12(2)19(17-11)14-9-18(10-14)8-13(7-16)4-3-5-15/h6,13-14H,3-4,8-10H2,1-2H3/t13-/m0/s1. The van der Waals surface area contributed by atoms with Crippen molar-refractivity contribution in [3.05, 3.63) is 17.5 Å². The Morgan fingerprint density at radius 1 is 1.42 bits per heavy atom. The molecule has 5 nitrogen and oxygen atoms in total. The fraction of sp³-hybridized carbons (Fsp3) is 0.643. The molecule has 2 rings (SSSR count). The van der Waals surface area contributed by atoms with Gasteiger partial charge < -0.3 is 0 Å². The predicted molar refractivity (Wildman–Crippen MR) is 71.1 cm³/mol. The van der Waals surface area contributed by atoms with Gasteiger partial charge in [-0.05, 0) is 26.3 Å². The van der Waals surface area contributed by atoms with Gasteiger partial charge in [-0.3, -0.25) is 9.58 Å². The lowest BCUT2D eigenvalue weighted by molar-refractivity contribution is 0.0858. The summed E-state index contributed by atoms with van der Waals surface area (Å²) in [5.74, 6) is -0.0268. The fourth-order valence-corrected chi connectivity index (χ4v) is 2.61. The minimum Gasteiger partial charge on any atom is -0.298 e. The molecule has 0 spiro atoms. The Kier molecular flexibility index (Phi) is 4.19. The van der Waals surface area contributed by atoms with E-state index in [1.165, 1.54) is 5.69 Å². The first-order valence-corrected chi connectivity index (χ1v) is 6.65. The first-order chi connectivity index (χ1) is 9.13. The summed E-state index contributed by atoms with van der Waals surface area (Å²) in [7, 11) is 0. The molecule has 0 unspecified atom stereocenters. The Morgan fingerprint density at radius 2 is 2.16 bits per heavy atom. The number of hydrogen-bond acceptors (Lipinski definition) is 4. The van der Waals surface area contributed by atoms with Crippen molar-refractivity contribution in [1.82, 2.24) is 14.7 Å². The highest BCUT2D eigenvalue weighted by atomic mass is 15.4. The third-order valence-electron chi connectivity index (χ3n) is 3.59. The summed E-state index contributed by atoms with van der Waals surface area (Å²) in [4.78, 5) is 2.27. The predicted octanol–water partition coefficient (Wildman–Crippen LogP) is 1.80. The zero-order valence-electron chi connectivity index (χ0n) is 11.5. The van der Waals surface area contributed by atoms with E-state index in [0.717, 1.165) is 25.3 Å². The molecule has 0 amide bonds. The average Bonchev–Trinajstić information content (AvgIpc) is 2.66. The minimum atomic E-state index is -0.0268. The maximum atomic E-state index is 9.05. The molecule has 1 saturated heterocycles. The SMILES string of the molecule is Cc1cc(C)n(C2CN(C[C@H](C#N)CCC#N)C2)n1. The summed E-state index contributed by atoms with van der Waals surface area (Å²) in [6.07, 6.45) is 1.14. The van der Waals surface area contributed by atoms with Gasteiger partial charge in [-0.2, -0.15) is 15.6 Å². The monoisotopic (exact) mass is 257 g/mol. The largest absolute Gasteiger partial charge is 0.298 e. The second-order valence-electron chi connectivity index (χ2n) is 5.27. The van der Waals surface area contributed by atoms with E-state index in [9.17, 15) is 0 Å². The number of rotatable bonds is 5. The van der Waals surface area contributed by atoms with Crippen LogP contribution < -0.4 is 0 Å². The molecule has 1 aliphatic rings. The molecule has 2 heterocycles. The number of nitrogens with zero attached hydrogens (tertiary/aromatic N) is 5. The molecule has 0 bridgehead atoms. The van der Waals surface area contributed by atoms with Crippen LogP contribution in [0.5, 0.6) is 0 Å². The van der Waals surface area contributed by atoms with Gasteiger partial charge in [-0.25, -0.2) is 0 Å². The number of likely N-dealkylation sites (tertiary alicyclic amines) is 1. The van der Waals surface area contributed by atoms with Crippen molar-refractivity contribution in [3.8, 4) is 12.1 Å². The van der Waals surface area contributed by atoms with Crippen LogP contribution in [0.2, 0.25) is 0 Å². The summed E-state index contributed by atoms with van der Waals surface area (Å²) < 4.78 is 2.09. The van der Waals surface area contributed by atoms with Crippen LogP contribution in [0, 0.1) is 42.4 Å². The lowest BCUT2D eigenvalue weighted by atomic mass is 10.0. The van der Waals surface area contributed by atoms with E-state index in [0.29, 0.717) is 18.9 Å². The molecule has 0 aromatic carbocycles. The van der Waals surface area contributed by atoms with E-state index in [1.54, 1.807) is 0 Å². The van der Waals surface area contributed by atoms with Gasteiger partial charge in [0, 0.05) is 31.7 Å². The van der Waals surface area contributed by atoms with Crippen molar-refractivity contribution < 1.29 is 0 Å². The van der Waals surface area contributed by atoms with Crippen molar-refractivity contribution in [3.63, 3.8) is 0 Å². The molecule has 0 radical (unpaired) electrons. The Bertz CT molecular complexity index is 513. The van der Waals surface area contributed by atoms with Crippen LogP contribution in [0.3, 0.4) is 0 Å². The summed E-state index contributed by atoms with van der Waals surface area (Å²) in [6.45, 7) is 6.76. The van der Waals surface area contributed by atoms with Gasteiger partial charge in [0.2, 0.25) is 0 Å². The molecule has 100 valence electrons. The van der Waals surface area contributed by atoms with Crippen LogP contribution in [-0.2, 0) is 0 Å². The third kappa shape index (κ3) is 3.13. The van der Waals surface area contributed by atoms with E-state index in [4.69, 9.17) is 10.5 Å². The summed E-state index contributed by atoms with van der Waals surface area (Å²) in [6, 6.07) is 6.92. The van der Waals surface area contributed by atoms with Crippen LogP contribution in [0.15, 0.2) is 6.07 Å². The van der Waals surface area contributed by atoms with Crippen LogP contribution >= 0.6 is 0 Å². The van der Waals surface area contributed by atoms with Gasteiger partial charge in [0.05, 0.1) is 29.8 Å². The number of nitriles is 2. The Morgan fingerprint density at radius 3 is 2.68 bits per heavy atom. The molecule has 0 N–H and O–H groups in total. The van der Waals surface area contributed by atoms with E-state index >= 15 is 0 Å². The zero-order chi connectivity index (χ0) is 13.8. The van der Waals surface area contributed by atoms with Crippen molar-refractivity contribution in [2.24, 2.45) is 5.92 Å². The van der Waals surface area contributed by atoms with Crippen molar-refractivity contribution in [2.45, 2.75) is 32.7 Å². The number of aryl methyl sites for hydroxylation is 2. The first-order valence-electron chi connectivity index (χ1n) is 6.65. The highest BCUT2D eigenvalue weighted by Gasteiger charge is 2.31. The zero-order valence-corrected chi connectivity index (χ0v) is 11.5. The molecule has 0 aliphatic carbocycles. The van der Waals surface area contributed by atoms with Gasteiger partial charge in [0.15, 0.2) is 0 Å². The van der Waals surface area contributed by atoms with Gasteiger partial charge in [-0.1, -0.05) is 0 Å². The maximum absolute atomic E-state index is 9.05. The smallest absolute Gasteiger partial charge is 0.0775 e. The third-order valence-corrected chi connectivity index (χ3v) is 3.59. The van der Waals surface area contributed by atoms with Crippen molar-refractivity contribution >= 4 is 0 Å². The second-order valence-corrected chi connectivity index (χ2v) is 5.27. The van der Waals surface area contributed by atoms with E-state index in [-0.39, 0.29) is 5.92 Å². The lowest BCUT2D eigenvalue weighted by Gasteiger charge is -2.40. The topological polar surface area (TPSA) is 68.6 Å². The van der Waals surface area contributed by atoms with Crippen LogP contribution in [0.25, 0.3) is 0 Å². The molecule has 1 aliphatic heterocycles. The van der Waals surface area contributed by atoms with Gasteiger partial charge >= 0.3 is 0 Å². The molecule has 19 heavy (non-hydrogen) atoms. The minimum absolute atomic E-state index is 0.0268. The molecule has 1 aromatic heterocycles. The van der Waals surface area contributed by atoms with E-state index in [1.807, 2.05) is 6.92 Å². The molecule has 1 fully saturated rings. The highest BCUT2D eigenvalue weighted by molar-refractivity contribution is 5.09. The fourth-order valence-electron chi connectivity index (χ4n) is 2.61. The summed E-state index contributed by atoms with van der Waals surface area (Å²) in [5.41, 5.74) is 2.25. The normalized spacial score (nSPS) is 17.5. The molecule has 5 heteroatoms. The summed E-state index contributed by atoms with van der Waals surface area (Å²) in [5, 5.41) is 22.1. The molecule has 0 saturated carbocycles. The lowest BCUT2D eigenvalue weighted by Crippen LogP contribution is -2.49. The molecular formula is C14H19N5. The van der Waals surface area contributed by atoms with Gasteiger partial charge in [0.1, 0.15) is 0 Å². The molecule has 1 atom stereocenters. The van der Waals surface area contributed by atoms with Gasteiger partial charge in [-0.15, -0.1) is 0 Å². The van der Waals surface area contributed by atoms with Crippen LogP contribution in [0.1, 0.15) is 30.3 Å². The van der Waals surface area contributed by atoms with Crippen molar-refractivity contribution in [2.75, 3.05) is 19.6 Å². The van der Waals surface area contributed by atoms with Crippen LogP contribution in [0.4, 0.5) is 0 Å². The molecular weight excluding hydrogens is 238 g/mol. The number of aromatic nitrogens is 2. The van der Waals surface area contributed by atoms with Crippen molar-refractivity contribution in [1.29, 1.82) is 10.5 Å². The Labute approximate surface area is 114 Å². The first kappa shape index (κ1) is 13.6. The summed E-state index contributed by atoms with van der Waals surface area (Å²) >= 11 is 0. The van der Waals surface area contributed by atoms with E-state index < -0.39 is 0 Å². The quantitative estimate of drug-likeness (QED) is 0.806.